The van der Waals surface area contributed by atoms with Crippen molar-refractivity contribution >= 4 is 33.3 Å². The molecule has 0 spiro atoms. The van der Waals surface area contributed by atoms with E-state index in [0.717, 1.165) is 43.4 Å². The second-order valence-electron chi connectivity index (χ2n) is 9.91. The third-order valence-corrected chi connectivity index (χ3v) is 8.22. The molecule has 6 rings (SSSR count). The lowest BCUT2D eigenvalue weighted by Crippen LogP contribution is -2.19. The highest BCUT2D eigenvalue weighted by Gasteiger charge is 2.33. The molecule has 1 aromatic carbocycles. The van der Waals surface area contributed by atoms with Crippen molar-refractivity contribution in [2.75, 3.05) is 17.2 Å². The molecular weight excluding hydrogens is 512 g/mol. The van der Waals surface area contributed by atoms with Gasteiger partial charge in [0.1, 0.15) is 16.3 Å². The molecule has 5 aromatic rings. The van der Waals surface area contributed by atoms with Crippen molar-refractivity contribution in [1.82, 2.24) is 29.7 Å². The molecule has 0 aliphatic heterocycles. The van der Waals surface area contributed by atoms with Crippen LogP contribution in [-0.4, -0.2) is 58.7 Å². The summed E-state index contributed by atoms with van der Waals surface area (Å²) >= 11 is 1.58. The van der Waals surface area contributed by atoms with Crippen LogP contribution in [-0.2, 0) is 6.54 Å². The van der Waals surface area contributed by atoms with Gasteiger partial charge in [-0.3, -0.25) is 4.98 Å². The lowest BCUT2D eigenvalue weighted by molar-refractivity contribution is 0.0908. The van der Waals surface area contributed by atoms with Gasteiger partial charge in [0, 0.05) is 43.7 Å². The van der Waals surface area contributed by atoms with Crippen molar-refractivity contribution in [2.24, 2.45) is 5.92 Å². The van der Waals surface area contributed by atoms with E-state index in [-0.39, 0.29) is 18.6 Å². The van der Waals surface area contributed by atoms with Crippen LogP contribution in [0, 0.1) is 19.8 Å². The van der Waals surface area contributed by atoms with E-state index in [4.69, 9.17) is 15.0 Å². The van der Waals surface area contributed by atoms with Crippen molar-refractivity contribution in [3.8, 4) is 16.3 Å². The number of anilines is 2. The Morgan fingerprint density at radius 1 is 1.03 bits per heavy atom. The van der Waals surface area contributed by atoms with Crippen LogP contribution in [0.5, 0.6) is 0 Å². The molecule has 1 aliphatic rings. The minimum absolute atomic E-state index is 0.0225. The quantitative estimate of drug-likeness (QED) is 0.229. The summed E-state index contributed by atoms with van der Waals surface area (Å²) < 4.78 is 2.88. The number of pyridine rings is 1. The average Bonchev–Trinajstić information content (AvgIpc) is 3.68. The first-order chi connectivity index (χ1) is 19.0. The molecule has 4 N–H and O–H groups in total. The Morgan fingerprint density at radius 2 is 1.87 bits per heavy atom. The monoisotopic (exact) mass is 542 g/mol. The summed E-state index contributed by atoms with van der Waals surface area (Å²) in [6.45, 7) is 4.44. The first-order valence-corrected chi connectivity index (χ1v) is 13.8. The Labute approximate surface area is 229 Å². The molecule has 0 amide bonds. The van der Waals surface area contributed by atoms with Gasteiger partial charge in [-0.05, 0) is 56.5 Å². The maximum atomic E-state index is 10.4. The normalized spacial score (nSPS) is 19.0. The molecule has 4 aromatic heterocycles. The van der Waals surface area contributed by atoms with Crippen LogP contribution < -0.4 is 10.6 Å². The standard InChI is InChI=1S/C28H30N8O2S/c1-16-24(27-34-25-17(2)29-10-8-23(25)39-27)26(33-20-12-19(15-37)22(38)13-20)35-28(32-16)30-14-18-4-6-21(7-5-18)36-11-3-9-31-36/h3-11,19-20,22,37-38H,12-15H2,1-2H3,(H2,30,32,33,35). The van der Waals surface area contributed by atoms with Gasteiger partial charge in [0.05, 0.1) is 33.4 Å². The van der Waals surface area contributed by atoms with E-state index in [2.05, 4.69) is 32.8 Å². The van der Waals surface area contributed by atoms with Gasteiger partial charge in [0.2, 0.25) is 5.95 Å². The third kappa shape index (κ3) is 5.20. The highest BCUT2D eigenvalue weighted by atomic mass is 32.1. The number of benzene rings is 1. The van der Waals surface area contributed by atoms with Crippen LogP contribution in [0.15, 0.2) is 55.0 Å². The van der Waals surface area contributed by atoms with E-state index >= 15 is 0 Å². The number of aliphatic hydroxyl groups is 2. The zero-order valence-electron chi connectivity index (χ0n) is 21.7. The van der Waals surface area contributed by atoms with Crippen LogP contribution in [0.25, 0.3) is 26.5 Å². The summed E-state index contributed by atoms with van der Waals surface area (Å²) in [5.74, 6) is 1.03. The van der Waals surface area contributed by atoms with Gasteiger partial charge in [0.25, 0.3) is 0 Å². The summed E-state index contributed by atoms with van der Waals surface area (Å²) in [5, 5.41) is 32.0. The summed E-state index contributed by atoms with van der Waals surface area (Å²) in [4.78, 5) is 18.9. The summed E-state index contributed by atoms with van der Waals surface area (Å²) in [5.41, 5.74) is 5.47. The predicted octanol–water partition coefficient (Wildman–Crippen LogP) is 4.11. The maximum Gasteiger partial charge on any atom is 0.225 e. The summed E-state index contributed by atoms with van der Waals surface area (Å²) in [6, 6.07) is 12.0. The Kier molecular flexibility index (Phi) is 6.94. The zero-order chi connectivity index (χ0) is 26.9. The highest BCUT2D eigenvalue weighted by molar-refractivity contribution is 7.21. The Balaban J connectivity index is 1.29. The number of hydrogen-bond donors (Lipinski definition) is 4. The number of nitrogens with zero attached hydrogens (tertiary/aromatic N) is 6. The van der Waals surface area contributed by atoms with Gasteiger partial charge in [-0.2, -0.15) is 10.1 Å². The first kappa shape index (κ1) is 25.4. The number of aromatic nitrogens is 6. The molecule has 3 unspecified atom stereocenters. The van der Waals surface area contributed by atoms with Crippen molar-refractivity contribution in [2.45, 2.75) is 45.4 Å². The fourth-order valence-electron chi connectivity index (χ4n) is 5.08. The van der Waals surface area contributed by atoms with Crippen LogP contribution in [0.4, 0.5) is 11.8 Å². The molecule has 1 fully saturated rings. The molecule has 3 atom stereocenters. The van der Waals surface area contributed by atoms with Crippen LogP contribution >= 0.6 is 11.3 Å². The lowest BCUT2D eigenvalue weighted by Gasteiger charge is -2.18. The van der Waals surface area contributed by atoms with Gasteiger partial charge in [-0.1, -0.05) is 12.1 Å². The minimum atomic E-state index is -0.544. The molecule has 0 bridgehead atoms. The van der Waals surface area contributed by atoms with E-state index in [1.165, 1.54) is 0 Å². The van der Waals surface area contributed by atoms with E-state index in [0.29, 0.717) is 31.2 Å². The number of aliphatic hydroxyl groups excluding tert-OH is 2. The zero-order valence-corrected chi connectivity index (χ0v) is 22.6. The topological polar surface area (TPSA) is 134 Å². The molecule has 10 nitrogen and oxygen atoms in total. The van der Waals surface area contributed by atoms with Gasteiger partial charge in [-0.25, -0.2) is 14.6 Å². The van der Waals surface area contributed by atoms with E-state index in [1.54, 1.807) is 23.7 Å². The number of aryl methyl sites for hydroxylation is 2. The molecule has 1 aliphatic carbocycles. The number of fused-ring (bicyclic) bond motifs is 1. The predicted molar refractivity (Wildman–Crippen MR) is 152 cm³/mol. The number of thiazole rings is 1. The molecule has 200 valence electrons. The Hall–Kier alpha value is -3.93. The van der Waals surface area contributed by atoms with Crippen LogP contribution in [0.1, 0.15) is 29.8 Å². The van der Waals surface area contributed by atoms with Crippen LogP contribution in [0.3, 0.4) is 0 Å². The van der Waals surface area contributed by atoms with Crippen molar-refractivity contribution < 1.29 is 10.2 Å². The first-order valence-electron chi connectivity index (χ1n) is 13.0. The van der Waals surface area contributed by atoms with Crippen molar-refractivity contribution in [3.05, 3.63) is 71.9 Å². The molecule has 11 heteroatoms. The second kappa shape index (κ2) is 10.7. The van der Waals surface area contributed by atoms with Gasteiger partial charge >= 0.3 is 0 Å². The SMILES string of the molecule is Cc1nc(NCc2ccc(-n3cccn3)cc2)nc(NC2CC(O)C(CO)C2)c1-c1nc2c(C)nccc2s1. The molecule has 1 saturated carbocycles. The van der Waals surface area contributed by atoms with Crippen molar-refractivity contribution in [1.29, 1.82) is 0 Å². The molecule has 4 heterocycles. The number of nitrogens with one attached hydrogen (secondary N) is 2. The van der Waals surface area contributed by atoms with Gasteiger partial charge in [0.15, 0.2) is 0 Å². The van der Waals surface area contributed by atoms with Crippen molar-refractivity contribution in [3.63, 3.8) is 0 Å². The molecule has 39 heavy (non-hydrogen) atoms. The minimum Gasteiger partial charge on any atom is -0.396 e. The average molecular weight is 543 g/mol. The second-order valence-corrected chi connectivity index (χ2v) is 10.9. The highest BCUT2D eigenvalue weighted by Crippen LogP contribution is 2.38. The Bertz CT molecular complexity index is 1590. The third-order valence-electron chi connectivity index (χ3n) is 7.18. The fourth-order valence-corrected chi connectivity index (χ4v) is 6.19. The van der Waals surface area contributed by atoms with E-state index in [9.17, 15) is 10.2 Å². The summed E-state index contributed by atoms with van der Waals surface area (Å²) in [6.07, 6.45) is 6.13. The summed E-state index contributed by atoms with van der Waals surface area (Å²) in [7, 11) is 0. The smallest absolute Gasteiger partial charge is 0.225 e. The van der Waals surface area contributed by atoms with Crippen LogP contribution in [0.2, 0.25) is 0 Å². The number of hydrogen-bond acceptors (Lipinski definition) is 10. The largest absolute Gasteiger partial charge is 0.396 e. The lowest BCUT2D eigenvalue weighted by atomic mass is 10.1. The maximum absolute atomic E-state index is 10.4. The number of rotatable bonds is 8. The molecular formula is C28H30N8O2S. The van der Waals surface area contributed by atoms with E-state index in [1.807, 2.05) is 49.0 Å². The molecule has 0 saturated heterocycles. The Morgan fingerprint density at radius 3 is 2.59 bits per heavy atom. The van der Waals surface area contributed by atoms with Gasteiger partial charge in [-0.15, -0.1) is 11.3 Å². The van der Waals surface area contributed by atoms with E-state index < -0.39 is 6.10 Å². The van der Waals surface area contributed by atoms with Gasteiger partial charge < -0.3 is 20.8 Å². The molecule has 0 radical (unpaired) electrons. The fraction of sp³-hybridized carbons (Fsp3) is 0.321.